The van der Waals surface area contributed by atoms with Crippen LogP contribution in [0, 0.1) is 0 Å². The van der Waals surface area contributed by atoms with E-state index in [9.17, 15) is 9.59 Å². The quantitative estimate of drug-likeness (QED) is 0.229. The van der Waals surface area contributed by atoms with E-state index in [0.29, 0.717) is 17.1 Å². The number of aromatic nitrogens is 1. The first-order valence-corrected chi connectivity index (χ1v) is 10.6. The Labute approximate surface area is 177 Å². The van der Waals surface area contributed by atoms with Gasteiger partial charge in [0.1, 0.15) is 5.15 Å². The van der Waals surface area contributed by atoms with Crippen LogP contribution in [0.4, 0.5) is 0 Å². The number of rotatable bonds is 12. The summed E-state index contributed by atoms with van der Waals surface area (Å²) in [7, 11) is 0. The molecular weight excluding hydrogens is 388 g/mol. The molecule has 2 rings (SSSR count). The van der Waals surface area contributed by atoms with E-state index in [1.807, 2.05) is 30.3 Å². The third-order valence-electron chi connectivity index (χ3n) is 4.55. The molecule has 7 heteroatoms. The number of fused-ring (bicyclic) bond motifs is 1. The van der Waals surface area contributed by atoms with Crippen LogP contribution in [-0.2, 0) is 9.59 Å². The number of unbranched alkanes of at least 4 members (excludes halogenated alkanes) is 6. The Kier molecular flexibility index (Phi) is 10.1. The Balaban J connectivity index is 1.65. The molecule has 0 aliphatic carbocycles. The first kappa shape index (κ1) is 22.8. The number of hydrogen-bond donors (Lipinski definition) is 2. The van der Waals surface area contributed by atoms with Gasteiger partial charge in [-0.25, -0.2) is 10.4 Å². The van der Waals surface area contributed by atoms with Crippen molar-refractivity contribution in [3.05, 3.63) is 41.0 Å². The smallest absolute Gasteiger partial charge is 0.259 e. The molecule has 2 N–H and O–H groups in total. The largest absolute Gasteiger partial charge is 0.347 e. The molecule has 1 aromatic carbocycles. The third-order valence-corrected chi connectivity index (χ3v) is 4.85. The van der Waals surface area contributed by atoms with Gasteiger partial charge in [-0.05, 0) is 18.6 Å². The molecule has 1 heterocycles. The minimum Gasteiger partial charge on any atom is -0.347 e. The Hall–Kier alpha value is -2.47. The van der Waals surface area contributed by atoms with E-state index < -0.39 is 0 Å². The summed E-state index contributed by atoms with van der Waals surface area (Å²) < 4.78 is 0. The van der Waals surface area contributed by atoms with Gasteiger partial charge in [0.2, 0.25) is 5.91 Å². The highest BCUT2D eigenvalue weighted by atomic mass is 35.5. The maximum Gasteiger partial charge on any atom is 0.259 e. The molecule has 0 saturated carbocycles. The fraction of sp³-hybridized carbons (Fsp3) is 0.455. The lowest BCUT2D eigenvalue weighted by Gasteiger charge is -2.05. The average Bonchev–Trinajstić information content (AvgIpc) is 2.72. The number of pyridine rings is 1. The van der Waals surface area contributed by atoms with Crippen molar-refractivity contribution >= 4 is 40.5 Å². The number of para-hydroxylation sites is 1. The molecule has 2 aromatic rings. The molecule has 2 amide bonds. The maximum absolute atomic E-state index is 11.8. The highest BCUT2D eigenvalue weighted by molar-refractivity contribution is 6.32. The SMILES string of the molecule is CCCCCCCCCC(=O)NCC(=O)N/N=C\c1cc2ccccc2nc1Cl. The number of nitrogens with one attached hydrogen (secondary N) is 2. The van der Waals surface area contributed by atoms with Gasteiger partial charge in [-0.3, -0.25) is 9.59 Å². The van der Waals surface area contributed by atoms with Crippen molar-refractivity contribution in [3.8, 4) is 0 Å². The van der Waals surface area contributed by atoms with Crippen molar-refractivity contribution in [2.75, 3.05) is 6.54 Å². The fourth-order valence-electron chi connectivity index (χ4n) is 2.92. The molecule has 0 spiro atoms. The maximum atomic E-state index is 11.8. The number of hydrogen-bond acceptors (Lipinski definition) is 4. The van der Waals surface area contributed by atoms with Crippen molar-refractivity contribution in [2.45, 2.75) is 58.3 Å². The number of benzene rings is 1. The van der Waals surface area contributed by atoms with E-state index in [1.54, 1.807) is 0 Å². The molecule has 156 valence electrons. The molecule has 0 atom stereocenters. The first-order chi connectivity index (χ1) is 14.1. The highest BCUT2D eigenvalue weighted by Crippen LogP contribution is 2.18. The molecule has 0 saturated heterocycles. The topological polar surface area (TPSA) is 83.5 Å². The van der Waals surface area contributed by atoms with Crippen LogP contribution in [0.1, 0.15) is 63.9 Å². The van der Waals surface area contributed by atoms with E-state index in [0.717, 1.165) is 30.2 Å². The second kappa shape index (κ2) is 12.9. The van der Waals surface area contributed by atoms with E-state index in [2.05, 4.69) is 27.8 Å². The van der Waals surface area contributed by atoms with Crippen LogP contribution < -0.4 is 10.7 Å². The summed E-state index contributed by atoms with van der Waals surface area (Å²) in [6.07, 6.45) is 9.97. The molecular formula is C22H29ClN4O2. The van der Waals surface area contributed by atoms with Gasteiger partial charge >= 0.3 is 0 Å². The van der Waals surface area contributed by atoms with Gasteiger partial charge in [0.05, 0.1) is 18.3 Å². The van der Waals surface area contributed by atoms with Crippen LogP contribution in [0.25, 0.3) is 10.9 Å². The predicted molar refractivity (Wildman–Crippen MR) is 118 cm³/mol. The summed E-state index contributed by atoms with van der Waals surface area (Å²) in [4.78, 5) is 27.9. The third kappa shape index (κ3) is 8.60. The predicted octanol–water partition coefficient (Wildman–Crippen LogP) is 4.60. The van der Waals surface area contributed by atoms with Crippen molar-refractivity contribution in [2.24, 2.45) is 5.10 Å². The van der Waals surface area contributed by atoms with Crippen molar-refractivity contribution in [3.63, 3.8) is 0 Å². The second-order valence-electron chi connectivity index (χ2n) is 7.00. The zero-order chi connectivity index (χ0) is 20.9. The van der Waals surface area contributed by atoms with Gasteiger partial charge in [-0.15, -0.1) is 0 Å². The molecule has 0 fully saturated rings. The minimum atomic E-state index is -0.390. The molecule has 6 nitrogen and oxygen atoms in total. The van der Waals surface area contributed by atoms with Gasteiger partial charge < -0.3 is 5.32 Å². The lowest BCUT2D eigenvalue weighted by molar-refractivity contribution is -0.126. The molecule has 0 aliphatic heterocycles. The molecule has 0 radical (unpaired) electrons. The monoisotopic (exact) mass is 416 g/mol. The summed E-state index contributed by atoms with van der Waals surface area (Å²) >= 11 is 6.14. The van der Waals surface area contributed by atoms with E-state index >= 15 is 0 Å². The first-order valence-electron chi connectivity index (χ1n) is 10.2. The Bertz CT molecular complexity index is 839. The van der Waals surface area contributed by atoms with E-state index in [4.69, 9.17) is 11.6 Å². The number of carbonyl (C=O) groups excluding carboxylic acids is 2. The number of nitrogens with zero attached hydrogens (tertiary/aromatic N) is 2. The van der Waals surface area contributed by atoms with Crippen LogP contribution in [0.5, 0.6) is 0 Å². The summed E-state index contributed by atoms with van der Waals surface area (Å²) in [6, 6.07) is 9.45. The van der Waals surface area contributed by atoms with Gasteiger partial charge in [-0.2, -0.15) is 5.10 Å². The van der Waals surface area contributed by atoms with Gasteiger partial charge in [0.15, 0.2) is 0 Å². The second-order valence-corrected chi connectivity index (χ2v) is 7.36. The van der Waals surface area contributed by atoms with Gasteiger partial charge in [0.25, 0.3) is 5.91 Å². The summed E-state index contributed by atoms with van der Waals surface area (Å²) in [5.74, 6) is -0.501. The van der Waals surface area contributed by atoms with Gasteiger partial charge in [-0.1, -0.05) is 75.2 Å². The minimum absolute atomic E-state index is 0.101. The average molecular weight is 417 g/mol. The number of amides is 2. The standard InChI is InChI=1S/C22H29ClN4O2/c1-2-3-4-5-6-7-8-13-20(28)24-16-21(29)27-25-15-18-14-17-11-9-10-12-19(17)26-22(18)23/h9-12,14-15H,2-8,13,16H2,1H3,(H,24,28)(H,27,29)/b25-15-. The summed E-state index contributed by atoms with van der Waals surface area (Å²) in [5, 5.41) is 7.75. The van der Waals surface area contributed by atoms with Crippen molar-refractivity contribution < 1.29 is 9.59 Å². The van der Waals surface area contributed by atoms with Crippen molar-refractivity contribution in [1.82, 2.24) is 15.7 Å². The van der Waals surface area contributed by atoms with E-state index in [1.165, 1.54) is 31.9 Å². The zero-order valence-electron chi connectivity index (χ0n) is 16.9. The van der Waals surface area contributed by atoms with Gasteiger partial charge in [0, 0.05) is 17.4 Å². The highest BCUT2D eigenvalue weighted by Gasteiger charge is 2.06. The number of hydrazone groups is 1. The molecule has 1 aromatic heterocycles. The molecule has 29 heavy (non-hydrogen) atoms. The number of carbonyl (C=O) groups is 2. The molecule has 0 aliphatic rings. The van der Waals surface area contributed by atoms with Crippen LogP contribution in [0.3, 0.4) is 0 Å². The van der Waals surface area contributed by atoms with Crippen LogP contribution in [0.2, 0.25) is 5.15 Å². The number of halogens is 1. The Morgan fingerprint density at radius 3 is 2.59 bits per heavy atom. The molecule has 0 bridgehead atoms. The fourth-order valence-corrected chi connectivity index (χ4v) is 3.12. The van der Waals surface area contributed by atoms with Crippen molar-refractivity contribution in [1.29, 1.82) is 0 Å². The lowest BCUT2D eigenvalue weighted by atomic mass is 10.1. The molecule has 0 unspecified atom stereocenters. The Morgan fingerprint density at radius 1 is 1.07 bits per heavy atom. The van der Waals surface area contributed by atoms with Crippen LogP contribution >= 0.6 is 11.6 Å². The Morgan fingerprint density at radius 2 is 1.79 bits per heavy atom. The lowest BCUT2D eigenvalue weighted by Crippen LogP contribution is -2.34. The zero-order valence-corrected chi connectivity index (χ0v) is 17.7. The normalized spacial score (nSPS) is 11.1. The van der Waals surface area contributed by atoms with Crippen LogP contribution in [-0.4, -0.2) is 29.6 Å². The summed E-state index contributed by atoms with van der Waals surface area (Å²) in [6.45, 7) is 2.10. The van der Waals surface area contributed by atoms with E-state index in [-0.39, 0.29) is 18.4 Å². The summed E-state index contributed by atoms with van der Waals surface area (Å²) in [5.41, 5.74) is 3.79. The van der Waals surface area contributed by atoms with Crippen LogP contribution in [0.15, 0.2) is 35.4 Å².